The Kier molecular flexibility index (Phi) is 5.45. The van der Waals surface area contributed by atoms with Gasteiger partial charge in [-0.25, -0.2) is 0 Å². The van der Waals surface area contributed by atoms with Crippen molar-refractivity contribution in [3.63, 3.8) is 0 Å². The second-order valence-corrected chi connectivity index (χ2v) is 7.21. The highest BCUT2D eigenvalue weighted by molar-refractivity contribution is 6.33. The first-order valence-electron chi connectivity index (χ1n) is 8.66. The molecule has 1 saturated heterocycles. The number of aryl methyl sites for hydroxylation is 1. The van der Waals surface area contributed by atoms with Gasteiger partial charge in [0.25, 0.3) is 5.91 Å². The van der Waals surface area contributed by atoms with E-state index in [1.54, 1.807) is 4.68 Å². The van der Waals surface area contributed by atoms with E-state index >= 15 is 0 Å². The lowest BCUT2D eigenvalue weighted by Crippen LogP contribution is -2.42. The third kappa shape index (κ3) is 3.88. The Balaban J connectivity index is 1.80. The van der Waals surface area contributed by atoms with Crippen molar-refractivity contribution < 1.29 is 9.53 Å². The third-order valence-electron chi connectivity index (χ3n) is 4.34. The van der Waals surface area contributed by atoms with E-state index in [1.807, 2.05) is 42.2 Å². The number of carbonyl (C=O) groups excluding carboxylic acids is 1. The molecular formula is C19H24ClN3O2. The molecule has 1 aliphatic heterocycles. The van der Waals surface area contributed by atoms with Gasteiger partial charge in [-0.1, -0.05) is 55.8 Å². The molecule has 0 unspecified atom stereocenters. The average Bonchev–Trinajstić information content (AvgIpc) is 2.88. The number of benzene rings is 1. The van der Waals surface area contributed by atoms with Crippen LogP contribution in [0.1, 0.15) is 41.6 Å². The van der Waals surface area contributed by atoms with Gasteiger partial charge in [0.1, 0.15) is 11.3 Å². The van der Waals surface area contributed by atoms with Crippen molar-refractivity contribution >= 4 is 17.5 Å². The van der Waals surface area contributed by atoms with Crippen LogP contribution in [-0.2, 0) is 11.3 Å². The molecule has 1 aromatic heterocycles. The second-order valence-electron chi connectivity index (χ2n) is 6.85. The number of hydrogen-bond donors (Lipinski definition) is 0. The molecule has 1 aliphatic rings. The predicted octanol–water partition coefficient (Wildman–Crippen LogP) is 3.71. The van der Waals surface area contributed by atoms with E-state index in [9.17, 15) is 4.79 Å². The number of amides is 1. The molecule has 0 radical (unpaired) electrons. The summed E-state index contributed by atoms with van der Waals surface area (Å²) >= 11 is 6.46. The van der Waals surface area contributed by atoms with E-state index in [-0.39, 0.29) is 12.0 Å². The molecule has 1 fully saturated rings. The van der Waals surface area contributed by atoms with Crippen LogP contribution in [0.25, 0.3) is 0 Å². The third-order valence-corrected chi connectivity index (χ3v) is 4.73. The molecule has 3 rings (SSSR count). The van der Waals surface area contributed by atoms with Crippen LogP contribution in [0.4, 0.5) is 0 Å². The van der Waals surface area contributed by atoms with Crippen LogP contribution < -0.4 is 0 Å². The van der Waals surface area contributed by atoms with Crippen molar-refractivity contribution in [3.05, 3.63) is 52.3 Å². The minimum absolute atomic E-state index is 0.0678. The lowest BCUT2D eigenvalue weighted by molar-refractivity contribution is -0.0228. The Morgan fingerprint density at radius 1 is 1.36 bits per heavy atom. The van der Waals surface area contributed by atoms with Crippen LogP contribution in [0, 0.1) is 12.8 Å². The number of nitrogens with zero attached hydrogens (tertiary/aromatic N) is 3. The SMILES string of the molecule is Cc1nn(CC(C)C)c(Cl)c1C(=O)N1CCO[C@@H](c2ccccc2)C1. The molecule has 134 valence electrons. The first kappa shape index (κ1) is 18.0. The Hall–Kier alpha value is -1.85. The van der Waals surface area contributed by atoms with Gasteiger partial charge in [0.05, 0.1) is 24.4 Å². The zero-order chi connectivity index (χ0) is 18.0. The molecule has 1 aromatic carbocycles. The zero-order valence-electron chi connectivity index (χ0n) is 14.9. The number of carbonyl (C=O) groups is 1. The molecule has 6 heteroatoms. The van der Waals surface area contributed by atoms with Crippen molar-refractivity contribution in [2.45, 2.75) is 33.4 Å². The van der Waals surface area contributed by atoms with Crippen molar-refractivity contribution in [1.82, 2.24) is 14.7 Å². The van der Waals surface area contributed by atoms with E-state index in [4.69, 9.17) is 16.3 Å². The molecule has 0 bridgehead atoms. The maximum Gasteiger partial charge on any atom is 0.259 e. The van der Waals surface area contributed by atoms with Crippen LogP contribution in [0.15, 0.2) is 30.3 Å². The van der Waals surface area contributed by atoms with Gasteiger partial charge < -0.3 is 9.64 Å². The summed E-state index contributed by atoms with van der Waals surface area (Å²) in [5.74, 6) is 0.340. The van der Waals surface area contributed by atoms with Crippen LogP contribution in [-0.4, -0.2) is 40.3 Å². The first-order chi connectivity index (χ1) is 12.0. The maximum absolute atomic E-state index is 13.0. The van der Waals surface area contributed by atoms with Crippen molar-refractivity contribution in [3.8, 4) is 0 Å². The van der Waals surface area contributed by atoms with E-state index < -0.39 is 0 Å². The van der Waals surface area contributed by atoms with E-state index in [1.165, 1.54) is 0 Å². The van der Waals surface area contributed by atoms with Gasteiger partial charge in [0, 0.05) is 13.1 Å². The zero-order valence-corrected chi connectivity index (χ0v) is 15.7. The quantitative estimate of drug-likeness (QED) is 0.833. The van der Waals surface area contributed by atoms with E-state index in [2.05, 4.69) is 18.9 Å². The fraction of sp³-hybridized carbons (Fsp3) is 0.474. The van der Waals surface area contributed by atoms with Crippen molar-refractivity contribution in [2.75, 3.05) is 19.7 Å². The van der Waals surface area contributed by atoms with Crippen LogP contribution >= 0.6 is 11.6 Å². The highest BCUT2D eigenvalue weighted by atomic mass is 35.5. The van der Waals surface area contributed by atoms with Gasteiger partial charge in [0.15, 0.2) is 0 Å². The number of halogens is 1. The first-order valence-corrected chi connectivity index (χ1v) is 9.04. The number of rotatable bonds is 4. The van der Waals surface area contributed by atoms with E-state index in [0.29, 0.717) is 48.6 Å². The fourth-order valence-corrected chi connectivity index (χ4v) is 3.45. The standard InChI is InChI=1S/C19H24ClN3O2/c1-13(2)11-23-18(20)17(14(3)21-23)19(24)22-9-10-25-16(12-22)15-7-5-4-6-8-15/h4-8,13,16H,9-12H2,1-3H3/t16-/m1/s1. The Bertz CT molecular complexity index is 743. The molecule has 25 heavy (non-hydrogen) atoms. The Labute approximate surface area is 153 Å². The molecule has 2 heterocycles. The summed E-state index contributed by atoms with van der Waals surface area (Å²) in [5.41, 5.74) is 2.27. The molecular weight excluding hydrogens is 338 g/mol. The summed E-state index contributed by atoms with van der Waals surface area (Å²) in [7, 11) is 0. The highest BCUT2D eigenvalue weighted by Crippen LogP contribution is 2.27. The van der Waals surface area contributed by atoms with Gasteiger partial charge in [-0.3, -0.25) is 9.48 Å². The van der Waals surface area contributed by atoms with Crippen molar-refractivity contribution in [2.24, 2.45) is 5.92 Å². The lowest BCUT2D eigenvalue weighted by Gasteiger charge is -2.33. The summed E-state index contributed by atoms with van der Waals surface area (Å²) in [6, 6.07) is 9.99. The van der Waals surface area contributed by atoms with Crippen LogP contribution in [0.2, 0.25) is 5.15 Å². The van der Waals surface area contributed by atoms with Gasteiger partial charge in [-0.2, -0.15) is 5.10 Å². The summed E-state index contributed by atoms with van der Waals surface area (Å²) < 4.78 is 7.58. The second kappa shape index (κ2) is 7.58. The number of morpholine rings is 1. The van der Waals surface area contributed by atoms with Crippen molar-refractivity contribution in [1.29, 1.82) is 0 Å². The summed E-state index contributed by atoms with van der Waals surface area (Å²) in [5, 5.41) is 4.88. The fourth-order valence-electron chi connectivity index (χ4n) is 3.12. The molecule has 1 atom stereocenters. The number of aromatic nitrogens is 2. The molecule has 0 aliphatic carbocycles. The van der Waals surface area contributed by atoms with Gasteiger partial charge in [0.2, 0.25) is 0 Å². The van der Waals surface area contributed by atoms with Crippen LogP contribution in [0.5, 0.6) is 0 Å². The van der Waals surface area contributed by atoms with Gasteiger partial charge in [-0.05, 0) is 18.4 Å². The van der Waals surface area contributed by atoms with Gasteiger partial charge >= 0.3 is 0 Å². The predicted molar refractivity (Wildman–Crippen MR) is 97.9 cm³/mol. The summed E-state index contributed by atoms with van der Waals surface area (Å²) in [6.07, 6.45) is -0.108. The highest BCUT2D eigenvalue weighted by Gasteiger charge is 2.30. The number of hydrogen-bond acceptors (Lipinski definition) is 3. The van der Waals surface area contributed by atoms with E-state index in [0.717, 1.165) is 5.56 Å². The summed E-state index contributed by atoms with van der Waals surface area (Å²) in [4.78, 5) is 14.9. The molecule has 0 N–H and O–H groups in total. The normalized spacial score (nSPS) is 18.0. The molecule has 0 saturated carbocycles. The smallest absolute Gasteiger partial charge is 0.259 e. The Morgan fingerprint density at radius 2 is 2.08 bits per heavy atom. The largest absolute Gasteiger partial charge is 0.370 e. The molecule has 1 amide bonds. The number of ether oxygens (including phenoxy) is 1. The minimum Gasteiger partial charge on any atom is -0.370 e. The monoisotopic (exact) mass is 361 g/mol. The van der Waals surface area contributed by atoms with Gasteiger partial charge in [-0.15, -0.1) is 0 Å². The molecule has 0 spiro atoms. The summed E-state index contributed by atoms with van der Waals surface area (Å²) in [6.45, 7) is 8.33. The topological polar surface area (TPSA) is 47.4 Å². The minimum atomic E-state index is -0.108. The Morgan fingerprint density at radius 3 is 2.76 bits per heavy atom. The van der Waals surface area contributed by atoms with Crippen LogP contribution in [0.3, 0.4) is 0 Å². The maximum atomic E-state index is 13.0. The molecule has 2 aromatic rings. The molecule has 5 nitrogen and oxygen atoms in total. The lowest BCUT2D eigenvalue weighted by atomic mass is 10.1. The average molecular weight is 362 g/mol.